The van der Waals surface area contributed by atoms with E-state index >= 15 is 4.11 Å². The Morgan fingerprint density at radius 1 is 1.00 bits per heavy atom. The van der Waals surface area contributed by atoms with Gasteiger partial charge in [0.2, 0.25) is 14.3 Å². The van der Waals surface area contributed by atoms with Crippen molar-refractivity contribution in [3.63, 3.8) is 0 Å². The molecule has 0 saturated carbocycles. The molecule has 1 fully saturated rings. The summed E-state index contributed by atoms with van der Waals surface area (Å²) >= 11 is 0. The predicted octanol–water partition coefficient (Wildman–Crippen LogP) is 6.61. The maximum Gasteiger partial charge on any atom is 0.264 e. The van der Waals surface area contributed by atoms with Crippen molar-refractivity contribution in [1.29, 1.82) is 0 Å². The van der Waals surface area contributed by atoms with Crippen LogP contribution in [0.15, 0.2) is 97.1 Å². The van der Waals surface area contributed by atoms with E-state index in [1.54, 1.807) is 72.5 Å². The van der Waals surface area contributed by atoms with Crippen LogP contribution in [0.4, 0.5) is 15.5 Å². The molecular formula is C41H44FN3O6Si. The van der Waals surface area contributed by atoms with Gasteiger partial charge in [0.1, 0.15) is 5.75 Å². The number of aliphatic hydroxyl groups is 1. The van der Waals surface area contributed by atoms with Crippen molar-refractivity contribution in [3.8, 4) is 5.75 Å². The molecule has 5 atom stereocenters. The molecule has 3 aliphatic heterocycles. The van der Waals surface area contributed by atoms with Gasteiger partial charge in [-0.15, -0.1) is 0 Å². The van der Waals surface area contributed by atoms with Gasteiger partial charge in [-0.2, -0.15) is 0 Å². The average molecular weight is 722 g/mol. The Balaban J connectivity index is 1.20. The second kappa shape index (κ2) is 13.9. The quantitative estimate of drug-likeness (QED) is 0.149. The second-order valence-electron chi connectivity index (χ2n) is 14.6. The summed E-state index contributed by atoms with van der Waals surface area (Å²) in [6, 6.07) is 29.1. The molecule has 1 saturated heterocycles. The fourth-order valence-corrected chi connectivity index (χ4v) is 11.1. The van der Waals surface area contributed by atoms with Crippen LogP contribution >= 0.6 is 0 Å². The molecule has 270 valence electrons. The number of ether oxygens (including phenoxy) is 2. The smallest absolute Gasteiger partial charge is 0.264 e. The van der Waals surface area contributed by atoms with Crippen LogP contribution in [0.25, 0.3) is 0 Å². The lowest BCUT2D eigenvalue weighted by Gasteiger charge is -2.37. The van der Waals surface area contributed by atoms with Crippen molar-refractivity contribution < 1.29 is 33.1 Å². The lowest BCUT2D eigenvalue weighted by Crippen LogP contribution is -2.48. The van der Waals surface area contributed by atoms with E-state index in [9.17, 15) is 19.5 Å². The lowest BCUT2D eigenvalue weighted by molar-refractivity contribution is -0.151. The molecule has 9 nitrogen and oxygen atoms in total. The largest absolute Gasteiger partial charge is 0.497 e. The van der Waals surface area contributed by atoms with Gasteiger partial charge in [0.05, 0.1) is 44.5 Å². The summed E-state index contributed by atoms with van der Waals surface area (Å²) in [7, 11) is -2.00. The first-order chi connectivity index (χ1) is 24.9. The molecule has 0 bridgehead atoms. The molecule has 7 rings (SSSR count). The predicted molar refractivity (Wildman–Crippen MR) is 199 cm³/mol. The summed E-state index contributed by atoms with van der Waals surface area (Å²) in [5, 5.41) is 13.2. The van der Waals surface area contributed by atoms with Crippen LogP contribution in [0.1, 0.15) is 46.0 Å². The first-order valence-electron chi connectivity index (χ1n) is 17.7. The van der Waals surface area contributed by atoms with Crippen molar-refractivity contribution in [3.05, 3.63) is 125 Å². The summed E-state index contributed by atoms with van der Waals surface area (Å²) in [5.74, 6) is -0.899. The lowest BCUT2D eigenvalue weighted by atomic mass is 9.82. The number of methoxy groups -OCH3 is 1. The molecule has 0 radical (unpaired) electrons. The third-order valence-corrected chi connectivity index (χ3v) is 13.4. The first-order valence-corrected chi connectivity index (χ1v) is 20.7. The molecule has 3 heterocycles. The summed E-state index contributed by atoms with van der Waals surface area (Å²) in [4.78, 5) is 45.3. The van der Waals surface area contributed by atoms with E-state index in [0.29, 0.717) is 41.2 Å². The minimum atomic E-state index is -3.55. The standard InChI is InChI=1S/C41H44FN3O6Si/c1-26-38(52(3,4)42)36(22-37(47)44-24-30-15-9-8-14-29(30)20-32(44)25-46)51-41(26)34-21-33(50-2)17-18-35(34)45(40(41)49)23-27-11-10-16-31(19-27)43-39(48)28-12-6-5-7-13-28/h5-19,21,26,32,36,38,46H,20,22-25H2,1-4H3,(H,43,48)/t26-,32+,36+,38-,41+/m1/s1. The number of nitrogens with zero attached hydrogens (tertiary/aromatic N) is 2. The molecular weight excluding hydrogens is 678 g/mol. The molecule has 0 aromatic heterocycles. The number of benzene rings is 4. The Kier molecular flexibility index (Phi) is 9.53. The number of rotatable bonds is 9. The number of halogens is 1. The van der Waals surface area contributed by atoms with Gasteiger partial charge in [-0.05, 0) is 78.7 Å². The molecule has 0 aliphatic carbocycles. The molecule has 4 aromatic carbocycles. The van der Waals surface area contributed by atoms with E-state index in [2.05, 4.69) is 5.32 Å². The maximum atomic E-state index is 16.5. The zero-order chi connectivity index (χ0) is 36.8. The van der Waals surface area contributed by atoms with Gasteiger partial charge in [-0.3, -0.25) is 14.4 Å². The molecule has 3 amide bonds. The maximum absolute atomic E-state index is 16.5. The Bertz CT molecular complexity index is 2000. The van der Waals surface area contributed by atoms with Crippen LogP contribution in [-0.2, 0) is 39.4 Å². The number of hydrogen-bond donors (Lipinski definition) is 2. The van der Waals surface area contributed by atoms with Crippen LogP contribution in [-0.4, -0.2) is 62.0 Å². The van der Waals surface area contributed by atoms with Gasteiger partial charge in [0.15, 0.2) is 5.60 Å². The molecule has 4 aromatic rings. The fraction of sp³-hybridized carbons (Fsp3) is 0.341. The van der Waals surface area contributed by atoms with Crippen LogP contribution in [0.3, 0.4) is 0 Å². The van der Waals surface area contributed by atoms with Crippen LogP contribution in [0, 0.1) is 5.92 Å². The molecule has 2 N–H and O–H groups in total. The number of aliphatic hydroxyl groups excluding tert-OH is 1. The summed E-state index contributed by atoms with van der Waals surface area (Å²) in [6.45, 7) is 5.40. The van der Waals surface area contributed by atoms with Gasteiger partial charge in [0, 0.05) is 34.8 Å². The van der Waals surface area contributed by atoms with E-state index in [0.717, 1.165) is 16.7 Å². The van der Waals surface area contributed by atoms with Crippen LogP contribution in [0.5, 0.6) is 5.75 Å². The molecule has 1 spiro atoms. The normalized spacial score (nSPS) is 23.8. The van der Waals surface area contributed by atoms with Crippen molar-refractivity contribution in [2.75, 3.05) is 23.9 Å². The van der Waals surface area contributed by atoms with E-state index in [-0.39, 0.29) is 37.3 Å². The summed E-state index contributed by atoms with van der Waals surface area (Å²) in [6.07, 6.45) is -0.467. The zero-order valence-corrected chi connectivity index (χ0v) is 30.8. The third kappa shape index (κ3) is 6.31. The van der Waals surface area contributed by atoms with Gasteiger partial charge >= 0.3 is 0 Å². The molecule has 11 heteroatoms. The van der Waals surface area contributed by atoms with Gasteiger partial charge < -0.3 is 33.8 Å². The zero-order valence-electron chi connectivity index (χ0n) is 29.8. The molecule has 3 aliphatic rings. The van der Waals surface area contributed by atoms with Gasteiger partial charge in [0.25, 0.3) is 11.8 Å². The Morgan fingerprint density at radius 3 is 2.44 bits per heavy atom. The minimum absolute atomic E-state index is 0.120. The average Bonchev–Trinajstić information content (AvgIpc) is 3.56. The molecule has 52 heavy (non-hydrogen) atoms. The highest BCUT2D eigenvalue weighted by Crippen LogP contribution is 2.60. The van der Waals surface area contributed by atoms with E-state index in [1.165, 1.54) is 0 Å². The number of fused-ring (bicyclic) bond motifs is 3. The minimum Gasteiger partial charge on any atom is -0.497 e. The van der Waals surface area contributed by atoms with E-state index in [1.807, 2.05) is 61.5 Å². The Hall–Kier alpha value is -4.84. The number of carbonyl (C=O) groups is 3. The van der Waals surface area contributed by atoms with Crippen molar-refractivity contribution >= 4 is 37.5 Å². The third-order valence-electron chi connectivity index (χ3n) is 11.0. The Labute approximate surface area is 304 Å². The highest BCUT2D eigenvalue weighted by molar-refractivity contribution is 6.72. The monoisotopic (exact) mass is 721 g/mol. The first kappa shape index (κ1) is 35.6. The van der Waals surface area contributed by atoms with Gasteiger partial charge in [-0.25, -0.2) is 0 Å². The molecule has 0 unspecified atom stereocenters. The highest BCUT2D eigenvalue weighted by atomic mass is 28.4. The topological polar surface area (TPSA) is 108 Å². The fourth-order valence-electron chi connectivity index (χ4n) is 8.57. The summed E-state index contributed by atoms with van der Waals surface area (Å²) < 4.78 is 29.0. The number of carbonyl (C=O) groups excluding carboxylic acids is 3. The van der Waals surface area contributed by atoms with Crippen LogP contribution < -0.4 is 15.0 Å². The van der Waals surface area contributed by atoms with E-state index < -0.39 is 37.6 Å². The number of anilines is 2. The van der Waals surface area contributed by atoms with Crippen molar-refractivity contribution in [2.45, 2.75) is 69.2 Å². The van der Waals surface area contributed by atoms with Crippen molar-refractivity contribution in [2.24, 2.45) is 5.92 Å². The van der Waals surface area contributed by atoms with Crippen molar-refractivity contribution in [1.82, 2.24) is 4.90 Å². The second-order valence-corrected chi connectivity index (χ2v) is 18.4. The van der Waals surface area contributed by atoms with Crippen LogP contribution in [0.2, 0.25) is 18.6 Å². The Morgan fingerprint density at radius 2 is 1.73 bits per heavy atom. The number of nitrogens with one attached hydrogen (secondary N) is 1. The number of amides is 3. The van der Waals surface area contributed by atoms with E-state index in [4.69, 9.17) is 9.47 Å². The SMILES string of the molecule is COc1ccc2c(c1)[C@]1(O[C@@H](CC(=O)N3Cc4ccccc4C[C@H]3CO)[C@H]([Si](C)(C)F)[C@H]1C)C(=O)N2Cc1cccc(NC(=O)c2ccccc2)c1. The highest BCUT2D eigenvalue weighted by Gasteiger charge is 2.67. The summed E-state index contributed by atoms with van der Waals surface area (Å²) in [5.41, 5.74) is 2.95. The van der Waals surface area contributed by atoms with Gasteiger partial charge in [-0.1, -0.05) is 61.5 Å². The number of hydrogen-bond acceptors (Lipinski definition) is 6.